The van der Waals surface area contributed by atoms with Gasteiger partial charge in [0.2, 0.25) is 0 Å². The van der Waals surface area contributed by atoms with Crippen molar-refractivity contribution >= 4 is 19.8 Å². The van der Waals surface area contributed by atoms with Crippen LogP contribution in [-0.2, 0) is 32.7 Å². The van der Waals surface area contributed by atoms with E-state index in [0.717, 1.165) is 64.2 Å². The third-order valence-corrected chi connectivity index (χ3v) is 11.2. The minimum absolute atomic E-state index is 0.0797. The summed E-state index contributed by atoms with van der Waals surface area (Å²) in [5.74, 6) is -1.18. The summed E-state index contributed by atoms with van der Waals surface area (Å²) in [5, 5.41) is 50.1. The molecule has 8 atom stereocenters. The summed E-state index contributed by atoms with van der Waals surface area (Å²) < 4.78 is 33.4. The Morgan fingerprint density at radius 3 is 1.48 bits per heavy atom. The fourth-order valence-corrected chi connectivity index (χ4v) is 7.51. The van der Waals surface area contributed by atoms with Crippen molar-refractivity contribution < 1.29 is 63.1 Å². The standard InChI is InChI=1S/C47H79O13P/c1-3-5-7-9-11-13-15-17-19-20-22-23-25-27-29-31-33-35-40(48)57-37-39(38-58-61(55,56)60-47-45(53)43(51)42(50)44(52)46(47)54)59-41(49)36-34-32-30-28-26-24-21-18-16-14-12-10-8-6-4-2/h4-5,7,11,13,17,19,22-23,27,29,39,42-47,50-54H,2-3,6,8-10,12,14-16,18,20-21,24-26,28,30-38H2,1H3,(H,55,56)/b7-5+,13-11+,19-17+,23-22+,29-27+/t39-,42?,43-,44?,45?,46?,47?/m0/s1. The number of hydrogen-bond donors (Lipinski definition) is 6. The van der Waals surface area contributed by atoms with Gasteiger partial charge in [0.1, 0.15) is 43.2 Å². The number of rotatable bonds is 37. The van der Waals surface area contributed by atoms with Crippen LogP contribution in [0.25, 0.3) is 0 Å². The molecule has 13 nitrogen and oxygen atoms in total. The first-order valence-corrected chi connectivity index (χ1v) is 24.2. The maximum Gasteiger partial charge on any atom is 0.472 e. The molecule has 0 saturated heterocycles. The Morgan fingerprint density at radius 1 is 0.557 bits per heavy atom. The van der Waals surface area contributed by atoms with E-state index in [-0.39, 0.29) is 12.8 Å². The minimum atomic E-state index is -5.13. The highest BCUT2D eigenvalue weighted by molar-refractivity contribution is 7.47. The van der Waals surface area contributed by atoms with E-state index in [1.807, 2.05) is 18.2 Å². The van der Waals surface area contributed by atoms with Crippen molar-refractivity contribution in [3.8, 4) is 0 Å². The first kappa shape index (κ1) is 56.3. The van der Waals surface area contributed by atoms with Gasteiger partial charge in [0.05, 0.1) is 6.61 Å². The second-order valence-electron chi connectivity index (χ2n) is 15.6. The Morgan fingerprint density at radius 2 is 0.984 bits per heavy atom. The summed E-state index contributed by atoms with van der Waals surface area (Å²) in [7, 11) is -5.13. The van der Waals surface area contributed by atoms with Gasteiger partial charge in [-0.3, -0.25) is 18.6 Å². The molecule has 0 radical (unpaired) electrons. The molecule has 1 rings (SSSR count). The summed E-state index contributed by atoms with van der Waals surface area (Å²) in [4.78, 5) is 35.7. The molecule has 14 heteroatoms. The second-order valence-corrected chi connectivity index (χ2v) is 17.0. The van der Waals surface area contributed by atoms with Gasteiger partial charge in [-0.15, -0.1) is 6.58 Å². The predicted octanol–water partition coefficient (Wildman–Crippen LogP) is 8.72. The van der Waals surface area contributed by atoms with Crippen molar-refractivity contribution in [3.63, 3.8) is 0 Å². The average molecular weight is 883 g/mol. The smallest absolute Gasteiger partial charge is 0.462 e. The lowest BCUT2D eigenvalue weighted by atomic mass is 9.85. The number of allylic oxidation sites excluding steroid dienone is 11. The van der Waals surface area contributed by atoms with Gasteiger partial charge in [0.25, 0.3) is 0 Å². The Kier molecular flexibility index (Phi) is 33.9. The highest BCUT2D eigenvalue weighted by atomic mass is 31.2. The van der Waals surface area contributed by atoms with E-state index in [1.54, 1.807) is 0 Å². The zero-order chi connectivity index (χ0) is 45.0. The van der Waals surface area contributed by atoms with E-state index in [4.69, 9.17) is 18.5 Å². The molecule has 0 aliphatic heterocycles. The average Bonchev–Trinajstić information content (AvgIpc) is 3.24. The third kappa shape index (κ3) is 29.3. The van der Waals surface area contributed by atoms with Crippen molar-refractivity contribution in [3.05, 3.63) is 73.4 Å². The lowest BCUT2D eigenvalue weighted by Crippen LogP contribution is -2.64. The number of carbonyl (C=O) groups is 2. The molecule has 0 heterocycles. The molecule has 0 aromatic rings. The van der Waals surface area contributed by atoms with Gasteiger partial charge < -0.3 is 39.9 Å². The van der Waals surface area contributed by atoms with Crippen LogP contribution in [0.2, 0.25) is 0 Å². The van der Waals surface area contributed by atoms with Crippen molar-refractivity contribution in [2.24, 2.45) is 0 Å². The topological polar surface area (TPSA) is 210 Å². The quantitative estimate of drug-likeness (QED) is 0.0149. The fourth-order valence-electron chi connectivity index (χ4n) is 6.54. The summed E-state index contributed by atoms with van der Waals surface area (Å²) in [6.07, 6.45) is 31.4. The van der Waals surface area contributed by atoms with Gasteiger partial charge in [0, 0.05) is 12.8 Å². The van der Waals surface area contributed by atoms with Gasteiger partial charge in [-0.25, -0.2) is 4.57 Å². The van der Waals surface area contributed by atoms with Crippen molar-refractivity contribution in [2.45, 2.75) is 197 Å². The van der Waals surface area contributed by atoms with Crippen molar-refractivity contribution in [2.75, 3.05) is 13.2 Å². The van der Waals surface area contributed by atoms with E-state index in [2.05, 4.69) is 62.1 Å². The number of carbonyl (C=O) groups excluding carboxylic acids is 2. The van der Waals surface area contributed by atoms with Crippen LogP contribution in [-0.4, -0.2) is 98.3 Å². The highest BCUT2D eigenvalue weighted by Crippen LogP contribution is 2.47. The van der Waals surface area contributed by atoms with E-state index in [1.165, 1.54) is 51.4 Å². The second kappa shape index (κ2) is 36.7. The normalized spacial score (nSPS) is 22.5. The van der Waals surface area contributed by atoms with E-state index in [0.29, 0.717) is 19.3 Å². The Hall–Kier alpha value is -2.71. The zero-order valence-electron chi connectivity index (χ0n) is 36.8. The van der Waals surface area contributed by atoms with Gasteiger partial charge in [-0.1, -0.05) is 144 Å². The number of aliphatic hydroxyl groups excluding tert-OH is 5. The Bertz CT molecular complexity index is 1330. The van der Waals surface area contributed by atoms with Gasteiger partial charge in [-0.2, -0.15) is 0 Å². The van der Waals surface area contributed by atoms with Crippen LogP contribution in [0.1, 0.15) is 155 Å². The molecular weight excluding hydrogens is 803 g/mol. The largest absolute Gasteiger partial charge is 0.472 e. The molecule has 1 aliphatic carbocycles. The molecule has 350 valence electrons. The lowest BCUT2D eigenvalue weighted by Gasteiger charge is -2.41. The number of phosphoric acid groups is 1. The molecule has 6 N–H and O–H groups in total. The number of ether oxygens (including phenoxy) is 2. The highest BCUT2D eigenvalue weighted by Gasteiger charge is 2.51. The van der Waals surface area contributed by atoms with Crippen LogP contribution in [0.15, 0.2) is 73.4 Å². The number of esters is 2. The van der Waals surface area contributed by atoms with E-state index >= 15 is 0 Å². The monoisotopic (exact) mass is 883 g/mol. The maximum absolute atomic E-state index is 12.8. The number of unbranched alkanes of at least 4 members (excludes halogenated alkanes) is 14. The van der Waals surface area contributed by atoms with Gasteiger partial charge >= 0.3 is 19.8 Å². The predicted molar refractivity (Wildman–Crippen MR) is 239 cm³/mol. The first-order chi connectivity index (χ1) is 29.4. The number of aliphatic hydroxyl groups is 5. The fraction of sp³-hybridized carbons (Fsp3) is 0.702. The molecule has 1 aliphatic rings. The minimum Gasteiger partial charge on any atom is -0.462 e. The van der Waals surface area contributed by atoms with Crippen LogP contribution in [0.4, 0.5) is 0 Å². The summed E-state index contributed by atoms with van der Waals surface area (Å²) >= 11 is 0. The molecule has 1 fully saturated rings. The number of phosphoric ester groups is 1. The molecule has 0 amide bonds. The van der Waals surface area contributed by atoms with Crippen LogP contribution in [0, 0.1) is 0 Å². The van der Waals surface area contributed by atoms with Crippen LogP contribution in [0.3, 0.4) is 0 Å². The SMILES string of the molecule is C=CCCCCCCCCCCCCCCCC(=O)O[C@@H](COC(=O)CCC/C=C/C/C=C/C/C=C/C/C=C/C/C=C/CC)COP(=O)(O)OC1C(O)C(O)C(O)[C@H](O)C1O. The summed E-state index contributed by atoms with van der Waals surface area (Å²) in [6.45, 7) is 4.65. The van der Waals surface area contributed by atoms with Crippen molar-refractivity contribution in [1.82, 2.24) is 0 Å². The number of hydrogen-bond acceptors (Lipinski definition) is 12. The molecular formula is C47H79O13P. The molecule has 0 aromatic carbocycles. The van der Waals surface area contributed by atoms with Gasteiger partial charge in [0.15, 0.2) is 6.10 Å². The Balaban J connectivity index is 2.50. The first-order valence-electron chi connectivity index (χ1n) is 22.7. The van der Waals surface area contributed by atoms with Crippen LogP contribution in [0.5, 0.6) is 0 Å². The summed E-state index contributed by atoms with van der Waals surface area (Å²) in [5.41, 5.74) is 0. The molecule has 6 unspecified atom stereocenters. The molecule has 1 saturated carbocycles. The van der Waals surface area contributed by atoms with Crippen molar-refractivity contribution in [1.29, 1.82) is 0 Å². The molecule has 61 heavy (non-hydrogen) atoms. The summed E-state index contributed by atoms with van der Waals surface area (Å²) in [6, 6.07) is 0. The zero-order valence-corrected chi connectivity index (χ0v) is 37.7. The molecule has 0 aromatic heterocycles. The van der Waals surface area contributed by atoms with E-state index < -0.39 is 75.7 Å². The molecule has 0 bridgehead atoms. The van der Waals surface area contributed by atoms with Crippen LogP contribution < -0.4 is 0 Å². The van der Waals surface area contributed by atoms with Crippen LogP contribution >= 0.6 is 7.82 Å². The third-order valence-electron chi connectivity index (χ3n) is 10.2. The Labute approximate surface area is 365 Å². The maximum atomic E-state index is 12.8. The van der Waals surface area contributed by atoms with Gasteiger partial charge in [-0.05, 0) is 64.2 Å². The van der Waals surface area contributed by atoms with E-state index in [9.17, 15) is 44.6 Å². The lowest BCUT2D eigenvalue weighted by molar-refractivity contribution is -0.220. The molecule has 0 spiro atoms.